The number of allylic oxidation sites excluding steroid dienone is 3. The quantitative estimate of drug-likeness (QED) is 0.285. The Labute approximate surface area is 142 Å². The number of carbonyl (C=O) groups is 1. The number of carboxylic acids is 1. The second-order valence-electron chi connectivity index (χ2n) is 6.24. The van der Waals surface area contributed by atoms with Gasteiger partial charge in [0.2, 0.25) is 0 Å². The lowest BCUT2D eigenvalue weighted by atomic mass is 10.1. The Morgan fingerprint density at radius 1 is 0.870 bits per heavy atom. The van der Waals surface area contributed by atoms with Crippen LogP contribution in [0.1, 0.15) is 90.4 Å². The summed E-state index contributed by atoms with van der Waals surface area (Å²) in [5.74, 6) is -0.705. The first-order chi connectivity index (χ1) is 11.2. The van der Waals surface area contributed by atoms with Crippen LogP contribution in [-0.2, 0) is 4.79 Å². The highest BCUT2D eigenvalue weighted by atomic mass is 16.4. The Kier molecular flexibility index (Phi) is 16.4. The summed E-state index contributed by atoms with van der Waals surface area (Å²) in [6, 6.07) is 0. The van der Waals surface area contributed by atoms with Gasteiger partial charge < -0.3 is 10.2 Å². The summed E-state index contributed by atoms with van der Waals surface area (Å²) in [5, 5.41) is 18.2. The molecule has 0 aliphatic rings. The molecule has 0 unspecified atom stereocenters. The summed E-state index contributed by atoms with van der Waals surface area (Å²) in [7, 11) is 0. The van der Waals surface area contributed by atoms with Crippen LogP contribution in [0.2, 0.25) is 0 Å². The topological polar surface area (TPSA) is 57.5 Å². The Morgan fingerprint density at radius 3 is 2.04 bits per heavy atom. The monoisotopic (exact) mass is 324 g/mol. The molecule has 2 N–H and O–H groups in total. The molecule has 23 heavy (non-hydrogen) atoms. The van der Waals surface area contributed by atoms with Crippen molar-refractivity contribution < 1.29 is 15.0 Å². The predicted octanol–water partition coefficient (Wildman–Crippen LogP) is 5.64. The van der Waals surface area contributed by atoms with Gasteiger partial charge in [0.1, 0.15) is 0 Å². The van der Waals surface area contributed by atoms with E-state index in [2.05, 4.69) is 25.2 Å². The van der Waals surface area contributed by atoms with E-state index in [9.17, 15) is 9.90 Å². The van der Waals surface area contributed by atoms with Crippen molar-refractivity contribution in [3.8, 4) is 0 Å². The molecule has 1 atom stereocenters. The molecule has 0 saturated heterocycles. The number of aliphatic hydroxyl groups is 1. The molecule has 0 heterocycles. The Bertz CT molecular complexity index is 321. The van der Waals surface area contributed by atoms with E-state index in [4.69, 9.17) is 5.11 Å². The standard InChI is InChI=1S/C20H36O3/c1-2-3-16-19(21)17-14-12-10-8-6-4-5-7-9-11-13-15-18-20(22)23/h9,11,14,17,19,21H,2-8,10,12-13,15-16,18H2,1H3,(H,22,23)/b11-9-,17-14-/t19-/m1/s1. The zero-order valence-electron chi connectivity index (χ0n) is 14.9. The average Bonchev–Trinajstić information content (AvgIpc) is 2.52. The summed E-state index contributed by atoms with van der Waals surface area (Å²) in [4.78, 5) is 10.3. The van der Waals surface area contributed by atoms with E-state index in [1.165, 1.54) is 32.1 Å². The number of unbranched alkanes of at least 4 members (excludes halogenated alkanes) is 8. The van der Waals surface area contributed by atoms with Gasteiger partial charge in [0.05, 0.1) is 6.10 Å². The maximum Gasteiger partial charge on any atom is 0.303 e. The Balaban J connectivity index is 3.25. The SMILES string of the molecule is CCCC[C@@H](O)/C=C\CCCCCCC/C=C\CCCC(=O)O. The van der Waals surface area contributed by atoms with Crippen LogP contribution in [-0.4, -0.2) is 22.3 Å². The zero-order valence-corrected chi connectivity index (χ0v) is 14.9. The minimum atomic E-state index is -0.705. The van der Waals surface area contributed by atoms with Crippen molar-refractivity contribution in [1.82, 2.24) is 0 Å². The van der Waals surface area contributed by atoms with Gasteiger partial charge in [-0.3, -0.25) is 4.79 Å². The molecule has 0 bridgehead atoms. The van der Waals surface area contributed by atoms with Crippen molar-refractivity contribution >= 4 is 5.97 Å². The second-order valence-corrected chi connectivity index (χ2v) is 6.24. The van der Waals surface area contributed by atoms with Crippen molar-refractivity contribution in [2.24, 2.45) is 0 Å². The molecule has 0 aliphatic carbocycles. The maximum absolute atomic E-state index is 10.3. The number of carboxylic acid groups (broad SMARTS) is 1. The van der Waals surface area contributed by atoms with Gasteiger partial charge >= 0.3 is 5.97 Å². The molecule has 3 nitrogen and oxygen atoms in total. The molecular formula is C20H36O3. The first kappa shape index (κ1) is 21.9. The van der Waals surface area contributed by atoms with Crippen LogP contribution >= 0.6 is 0 Å². The molecule has 0 radical (unpaired) electrons. The van der Waals surface area contributed by atoms with Crippen LogP contribution in [0, 0.1) is 0 Å². The summed E-state index contributed by atoms with van der Waals surface area (Å²) in [6.45, 7) is 2.14. The zero-order chi connectivity index (χ0) is 17.2. The second kappa shape index (κ2) is 17.3. The number of hydrogen-bond acceptors (Lipinski definition) is 2. The molecule has 0 rings (SSSR count). The summed E-state index contributed by atoms with van der Waals surface area (Å²) in [5.41, 5.74) is 0. The molecule has 134 valence electrons. The molecule has 3 heteroatoms. The highest BCUT2D eigenvalue weighted by Crippen LogP contribution is 2.09. The van der Waals surface area contributed by atoms with Gasteiger partial charge in [0, 0.05) is 6.42 Å². The van der Waals surface area contributed by atoms with E-state index < -0.39 is 5.97 Å². The number of aliphatic carboxylic acids is 1. The summed E-state index contributed by atoms with van der Waals surface area (Å²) in [6.07, 6.45) is 21.6. The highest BCUT2D eigenvalue weighted by molar-refractivity contribution is 5.66. The van der Waals surface area contributed by atoms with Gasteiger partial charge in [-0.1, -0.05) is 63.3 Å². The maximum atomic E-state index is 10.3. The van der Waals surface area contributed by atoms with Crippen molar-refractivity contribution in [3.63, 3.8) is 0 Å². The van der Waals surface area contributed by atoms with Crippen LogP contribution in [0.5, 0.6) is 0 Å². The first-order valence-electron chi connectivity index (χ1n) is 9.38. The van der Waals surface area contributed by atoms with Gasteiger partial charge in [0.15, 0.2) is 0 Å². The average molecular weight is 325 g/mol. The van der Waals surface area contributed by atoms with E-state index >= 15 is 0 Å². The smallest absolute Gasteiger partial charge is 0.303 e. The van der Waals surface area contributed by atoms with Crippen molar-refractivity contribution in [1.29, 1.82) is 0 Å². The predicted molar refractivity (Wildman–Crippen MR) is 97.6 cm³/mol. The molecule has 0 amide bonds. The summed E-state index contributed by atoms with van der Waals surface area (Å²) < 4.78 is 0. The van der Waals surface area contributed by atoms with Gasteiger partial charge in [-0.25, -0.2) is 0 Å². The van der Waals surface area contributed by atoms with E-state index in [-0.39, 0.29) is 12.5 Å². The minimum absolute atomic E-state index is 0.253. The van der Waals surface area contributed by atoms with Crippen LogP contribution < -0.4 is 0 Å². The van der Waals surface area contributed by atoms with Crippen molar-refractivity contribution in [3.05, 3.63) is 24.3 Å². The third-order valence-electron chi connectivity index (χ3n) is 3.88. The highest BCUT2D eigenvalue weighted by Gasteiger charge is 1.96. The molecule has 0 saturated carbocycles. The van der Waals surface area contributed by atoms with E-state index in [0.29, 0.717) is 0 Å². The molecule has 0 aliphatic heterocycles. The number of hydrogen-bond donors (Lipinski definition) is 2. The normalized spacial score (nSPS) is 13.1. The summed E-state index contributed by atoms with van der Waals surface area (Å²) >= 11 is 0. The van der Waals surface area contributed by atoms with Gasteiger partial charge in [-0.2, -0.15) is 0 Å². The van der Waals surface area contributed by atoms with Crippen molar-refractivity contribution in [2.45, 2.75) is 96.5 Å². The van der Waals surface area contributed by atoms with Crippen LogP contribution in [0.4, 0.5) is 0 Å². The number of aliphatic hydroxyl groups excluding tert-OH is 1. The first-order valence-corrected chi connectivity index (χ1v) is 9.38. The number of rotatable bonds is 16. The van der Waals surface area contributed by atoms with Crippen LogP contribution in [0.3, 0.4) is 0 Å². The Hall–Kier alpha value is -1.09. The van der Waals surface area contributed by atoms with E-state index in [1.807, 2.05) is 6.08 Å². The van der Waals surface area contributed by atoms with Gasteiger partial charge in [-0.15, -0.1) is 0 Å². The lowest BCUT2D eigenvalue weighted by molar-refractivity contribution is -0.137. The van der Waals surface area contributed by atoms with Gasteiger partial charge in [-0.05, 0) is 44.9 Å². The Morgan fingerprint density at radius 2 is 1.43 bits per heavy atom. The third kappa shape index (κ3) is 18.9. The molecule has 0 fully saturated rings. The molecule has 0 aromatic rings. The fourth-order valence-corrected chi connectivity index (χ4v) is 2.42. The van der Waals surface area contributed by atoms with Crippen molar-refractivity contribution in [2.75, 3.05) is 0 Å². The lowest BCUT2D eigenvalue weighted by Gasteiger charge is -2.03. The minimum Gasteiger partial charge on any atom is -0.481 e. The third-order valence-corrected chi connectivity index (χ3v) is 3.88. The lowest BCUT2D eigenvalue weighted by Crippen LogP contribution is -2.00. The van der Waals surface area contributed by atoms with Crippen LogP contribution in [0.25, 0.3) is 0 Å². The van der Waals surface area contributed by atoms with Gasteiger partial charge in [0.25, 0.3) is 0 Å². The molecule has 0 aromatic heterocycles. The fourth-order valence-electron chi connectivity index (χ4n) is 2.42. The molecular weight excluding hydrogens is 288 g/mol. The largest absolute Gasteiger partial charge is 0.481 e. The molecule has 0 spiro atoms. The van der Waals surface area contributed by atoms with E-state index in [1.54, 1.807) is 0 Å². The molecule has 0 aromatic carbocycles. The van der Waals surface area contributed by atoms with E-state index in [0.717, 1.165) is 44.9 Å². The van der Waals surface area contributed by atoms with Crippen LogP contribution in [0.15, 0.2) is 24.3 Å². The fraction of sp³-hybridized carbons (Fsp3) is 0.750.